The lowest BCUT2D eigenvalue weighted by Crippen LogP contribution is -2.58. The zero-order chi connectivity index (χ0) is 23.5. The zero-order valence-electron chi connectivity index (χ0n) is 19.6. The maximum atomic E-state index is 14.0. The number of likely N-dealkylation sites (tertiary alicyclic amines) is 1. The summed E-state index contributed by atoms with van der Waals surface area (Å²) >= 11 is 0. The molecule has 32 heavy (non-hydrogen) atoms. The fourth-order valence-electron chi connectivity index (χ4n) is 5.86. The second-order valence-corrected chi connectivity index (χ2v) is 9.08. The van der Waals surface area contributed by atoms with E-state index < -0.39 is 41.6 Å². The molecule has 0 saturated carbocycles. The molecule has 3 aliphatic rings. The van der Waals surface area contributed by atoms with Gasteiger partial charge in [-0.05, 0) is 32.6 Å². The number of carbonyl (C=O) groups excluding carboxylic acids is 3. The molecule has 0 aromatic rings. The predicted molar refractivity (Wildman–Crippen MR) is 119 cm³/mol. The Morgan fingerprint density at radius 2 is 2.12 bits per heavy atom. The van der Waals surface area contributed by atoms with Gasteiger partial charge in [0.25, 0.3) is 0 Å². The molecule has 2 amide bonds. The number of hydrogen-bond acceptors (Lipinski definition) is 6. The maximum Gasteiger partial charge on any atom is 0.312 e. The fraction of sp³-hybridized carbons (Fsp3) is 0.792. The maximum absolute atomic E-state index is 14.0. The van der Waals surface area contributed by atoms with Crippen molar-refractivity contribution in [3.8, 4) is 0 Å². The Balaban J connectivity index is 2.01. The van der Waals surface area contributed by atoms with Crippen LogP contribution in [0.25, 0.3) is 0 Å². The zero-order valence-corrected chi connectivity index (χ0v) is 19.6. The van der Waals surface area contributed by atoms with Crippen molar-refractivity contribution in [3.05, 3.63) is 12.7 Å². The van der Waals surface area contributed by atoms with Gasteiger partial charge < -0.3 is 24.4 Å². The van der Waals surface area contributed by atoms with E-state index in [0.29, 0.717) is 32.4 Å². The third-order valence-electron chi connectivity index (χ3n) is 7.30. The van der Waals surface area contributed by atoms with Crippen LogP contribution in [0.4, 0.5) is 0 Å². The molecule has 1 N–H and O–H groups in total. The van der Waals surface area contributed by atoms with Crippen molar-refractivity contribution in [2.24, 2.45) is 11.8 Å². The van der Waals surface area contributed by atoms with E-state index in [4.69, 9.17) is 9.47 Å². The summed E-state index contributed by atoms with van der Waals surface area (Å²) in [7, 11) is 0. The molecule has 3 fully saturated rings. The SMILES string of the molecule is C=CCN(CCCCC)C(=O)C1N([C@@H](CC)CO)C(=O)[C@@H]2[C@H](C(=O)OCC)[C@@H]3CCC12O3. The molecule has 8 heteroatoms. The monoisotopic (exact) mass is 450 g/mol. The highest BCUT2D eigenvalue weighted by molar-refractivity contribution is 5.98. The minimum absolute atomic E-state index is 0.186. The van der Waals surface area contributed by atoms with Crippen LogP contribution in [0.15, 0.2) is 12.7 Å². The van der Waals surface area contributed by atoms with E-state index in [-0.39, 0.29) is 25.0 Å². The smallest absolute Gasteiger partial charge is 0.312 e. The summed E-state index contributed by atoms with van der Waals surface area (Å²) in [5.41, 5.74) is -1.05. The standard InChI is InChI=1S/C24H38N2O6/c1-5-9-10-14-25(13-6-2)22(29)20-24-12-11-17(32-24)18(23(30)31-8-4)19(24)21(28)26(20)16(7-3)15-27/h6,16-20,27H,2,5,7-15H2,1,3-4H3/t16-,17-,18+,19-,20?,24?/m0/s1. The lowest BCUT2D eigenvalue weighted by Gasteiger charge is -2.39. The number of carbonyl (C=O) groups is 3. The highest BCUT2D eigenvalue weighted by Gasteiger charge is 2.75. The van der Waals surface area contributed by atoms with E-state index in [0.717, 1.165) is 19.3 Å². The number of unbranched alkanes of at least 4 members (excludes halogenated alkanes) is 2. The second-order valence-electron chi connectivity index (χ2n) is 9.08. The number of aliphatic hydroxyl groups is 1. The van der Waals surface area contributed by atoms with Gasteiger partial charge in [0.1, 0.15) is 11.6 Å². The molecule has 8 nitrogen and oxygen atoms in total. The van der Waals surface area contributed by atoms with Gasteiger partial charge in [-0.25, -0.2) is 0 Å². The Morgan fingerprint density at radius 3 is 2.72 bits per heavy atom. The summed E-state index contributed by atoms with van der Waals surface area (Å²) < 4.78 is 11.7. The first-order chi connectivity index (χ1) is 15.4. The number of aliphatic hydroxyl groups excluding tert-OH is 1. The van der Waals surface area contributed by atoms with E-state index in [2.05, 4.69) is 13.5 Å². The van der Waals surface area contributed by atoms with Gasteiger partial charge in [-0.15, -0.1) is 6.58 Å². The van der Waals surface area contributed by atoms with Crippen LogP contribution in [0.5, 0.6) is 0 Å². The number of amides is 2. The van der Waals surface area contributed by atoms with Crippen LogP contribution in [0, 0.1) is 11.8 Å². The highest BCUT2D eigenvalue weighted by atomic mass is 16.6. The van der Waals surface area contributed by atoms with Crippen molar-refractivity contribution in [2.45, 2.75) is 83.1 Å². The number of nitrogens with zero attached hydrogens (tertiary/aromatic N) is 2. The quantitative estimate of drug-likeness (QED) is 0.277. The molecule has 0 aromatic heterocycles. The Bertz CT molecular complexity index is 723. The van der Waals surface area contributed by atoms with Gasteiger partial charge in [0.05, 0.1) is 37.2 Å². The van der Waals surface area contributed by atoms with Crippen LogP contribution in [-0.4, -0.2) is 82.8 Å². The van der Waals surface area contributed by atoms with Gasteiger partial charge >= 0.3 is 5.97 Å². The molecule has 3 saturated heterocycles. The lowest BCUT2D eigenvalue weighted by molar-refractivity contribution is -0.156. The highest BCUT2D eigenvalue weighted by Crippen LogP contribution is 2.59. The first-order valence-electron chi connectivity index (χ1n) is 12.1. The van der Waals surface area contributed by atoms with Crippen LogP contribution >= 0.6 is 0 Å². The van der Waals surface area contributed by atoms with Gasteiger partial charge in [-0.1, -0.05) is 32.8 Å². The largest absolute Gasteiger partial charge is 0.466 e. The first-order valence-corrected chi connectivity index (χ1v) is 12.1. The van der Waals surface area contributed by atoms with Gasteiger partial charge in [-0.2, -0.15) is 0 Å². The third-order valence-corrected chi connectivity index (χ3v) is 7.30. The molecular formula is C24H38N2O6. The van der Waals surface area contributed by atoms with Gasteiger partial charge in [0, 0.05) is 13.1 Å². The lowest BCUT2D eigenvalue weighted by atomic mass is 9.70. The molecule has 3 aliphatic heterocycles. The second kappa shape index (κ2) is 10.3. The van der Waals surface area contributed by atoms with Crippen LogP contribution in [0.1, 0.15) is 59.3 Å². The van der Waals surface area contributed by atoms with Crippen molar-refractivity contribution in [1.29, 1.82) is 0 Å². The van der Waals surface area contributed by atoms with Crippen LogP contribution < -0.4 is 0 Å². The summed E-state index contributed by atoms with van der Waals surface area (Å²) in [6, 6.07) is -1.37. The average Bonchev–Trinajstić information content (AvgIpc) is 3.42. The summed E-state index contributed by atoms with van der Waals surface area (Å²) in [6.07, 6.45) is 5.82. The number of rotatable bonds is 12. The third kappa shape index (κ3) is 3.96. The first kappa shape index (κ1) is 24.7. The molecule has 6 atom stereocenters. The minimum Gasteiger partial charge on any atom is -0.466 e. The fourth-order valence-corrected chi connectivity index (χ4v) is 5.86. The topological polar surface area (TPSA) is 96.4 Å². The minimum atomic E-state index is -1.05. The van der Waals surface area contributed by atoms with Gasteiger partial charge in [-0.3, -0.25) is 14.4 Å². The van der Waals surface area contributed by atoms with E-state index in [1.807, 2.05) is 6.92 Å². The number of hydrogen-bond donors (Lipinski definition) is 1. The summed E-state index contributed by atoms with van der Waals surface area (Å²) in [4.78, 5) is 43.8. The van der Waals surface area contributed by atoms with Crippen LogP contribution in [0.2, 0.25) is 0 Å². The average molecular weight is 451 g/mol. The van der Waals surface area contributed by atoms with Gasteiger partial charge in [0.2, 0.25) is 11.8 Å². The summed E-state index contributed by atoms with van der Waals surface area (Å²) in [5.74, 6) is -2.37. The van der Waals surface area contributed by atoms with Crippen LogP contribution in [-0.2, 0) is 23.9 Å². The van der Waals surface area contributed by atoms with E-state index in [9.17, 15) is 19.5 Å². The summed E-state index contributed by atoms with van der Waals surface area (Å²) in [5, 5.41) is 10.0. The number of esters is 1. The Kier molecular flexibility index (Phi) is 7.98. The van der Waals surface area contributed by atoms with Crippen molar-refractivity contribution in [3.63, 3.8) is 0 Å². The molecule has 3 rings (SSSR count). The molecular weight excluding hydrogens is 412 g/mol. The summed E-state index contributed by atoms with van der Waals surface area (Å²) in [6.45, 7) is 10.4. The molecule has 3 heterocycles. The Hall–Kier alpha value is -1.93. The van der Waals surface area contributed by atoms with Crippen molar-refractivity contribution < 1.29 is 29.0 Å². The molecule has 0 radical (unpaired) electrons. The van der Waals surface area contributed by atoms with Crippen LogP contribution in [0.3, 0.4) is 0 Å². The van der Waals surface area contributed by atoms with Crippen molar-refractivity contribution in [2.75, 3.05) is 26.3 Å². The molecule has 180 valence electrons. The van der Waals surface area contributed by atoms with Crippen molar-refractivity contribution in [1.82, 2.24) is 9.80 Å². The van der Waals surface area contributed by atoms with Crippen molar-refractivity contribution >= 4 is 17.8 Å². The number of fused-ring (bicyclic) bond motifs is 1. The molecule has 1 spiro atoms. The molecule has 0 aromatic carbocycles. The molecule has 2 unspecified atom stereocenters. The van der Waals surface area contributed by atoms with Gasteiger partial charge in [0.15, 0.2) is 0 Å². The number of ether oxygens (including phenoxy) is 2. The van der Waals surface area contributed by atoms with E-state index in [1.165, 1.54) is 4.90 Å². The molecule has 0 aliphatic carbocycles. The predicted octanol–water partition coefficient (Wildman–Crippen LogP) is 1.90. The normalized spacial score (nSPS) is 31.5. The van der Waals surface area contributed by atoms with E-state index in [1.54, 1.807) is 17.9 Å². The van der Waals surface area contributed by atoms with E-state index >= 15 is 0 Å². The Morgan fingerprint density at radius 1 is 1.38 bits per heavy atom. The molecule has 2 bridgehead atoms. The Labute approximate surface area is 190 Å².